The van der Waals surface area contributed by atoms with E-state index in [2.05, 4.69) is 20.9 Å². The Balaban J connectivity index is 0.00000625. The van der Waals surface area contributed by atoms with Crippen molar-refractivity contribution in [1.82, 2.24) is 20.9 Å². The molecule has 26 heavy (non-hydrogen) atoms. The highest BCUT2D eigenvalue weighted by Gasteiger charge is 2.16. The molecule has 1 aliphatic heterocycles. The summed E-state index contributed by atoms with van der Waals surface area (Å²) in [6.45, 7) is 7.24. The van der Waals surface area contributed by atoms with Crippen LogP contribution in [0.2, 0.25) is 0 Å². The fourth-order valence-corrected chi connectivity index (χ4v) is 2.28. The smallest absolute Gasteiger partial charge is 0.242 e. The fourth-order valence-electron chi connectivity index (χ4n) is 2.28. The Kier molecular flexibility index (Phi) is 11.8. The van der Waals surface area contributed by atoms with Gasteiger partial charge in [-0.05, 0) is 40.0 Å². The lowest BCUT2D eigenvalue weighted by Crippen LogP contribution is -2.47. The molecule has 152 valence electrons. The van der Waals surface area contributed by atoms with Crippen LogP contribution in [0.5, 0.6) is 0 Å². The summed E-state index contributed by atoms with van der Waals surface area (Å²) < 4.78 is 5.68. The van der Waals surface area contributed by atoms with Gasteiger partial charge < -0.3 is 25.6 Å². The van der Waals surface area contributed by atoms with E-state index in [4.69, 9.17) is 4.74 Å². The molecule has 0 aromatic carbocycles. The van der Waals surface area contributed by atoms with E-state index in [9.17, 15) is 9.59 Å². The van der Waals surface area contributed by atoms with Gasteiger partial charge in [0.05, 0.1) is 12.6 Å². The molecule has 0 saturated carbocycles. The number of amides is 2. The van der Waals surface area contributed by atoms with Crippen LogP contribution < -0.4 is 16.0 Å². The fraction of sp³-hybridized carbons (Fsp3) is 0.824. The number of hydrogen-bond donors (Lipinski definition) is 3. The molecule has 9 heteroatoms. The first-order valence-corrected chi connectivity index (χ1v) is 8.82. The Labute approximate surface area is 173 Å². The number of ether oxygens (including phenoxy) is 1. The normalized spacial score (nSPS) is 17.7. The minimum atomic E-state index is -0.301. The minimum Gasteiger partial charge on any atom is -0.376 e. The maximum atomic E-state index is 11.9. The Morgan fingerprint density at radius 2 is 1.88 bits per heavy atom. The van der Waals surface area contributed by atoms with E-state index in [1.165, 1.54) is 4.90 Å². The summed E-state index contributed by atoms with van der Waals surface area (Å²) in [6, 6.07) is 0. The van der Waals surface area contributed by atoms with Crippen molar-refractivity contribution in [2.24, 2.45) is 4.99 Å². The van der Waals surface area contributed by atoms with Crippen molar-refractivity contribution in [3.05, 3.63) is 0 Å². The molecule has 0 aromatic rings. The van der Waals surface area contributed by atoms with Gasteiger partial charge in [-0.3, -0.25) is 9.59 Å². The molecule has 0 aliphatic carbocycles. The topological polar surface area (TPSA) is 95.1 Å². The number of aliphatic imine (C=N–C) groups is 1. The van der Waals surface area contributed by atoms with Gasteiger partial charge in [0.2, 0.25) is 11.8 Å². The van der Waals surface area contributed by atoms with Gasteiger partial charge in [0, 0.05) is 32.8 Å². The third kappa shape index (κ3) is 11.5. The second-order valence-electron chi connectivity index (χ2n) is 7.47. The molecule has 0 bridgehead atoms. The lowest BCUT2D eigenvalue weighted by molar-refractivity contribution is -0.127. The van der Waals surface area contributed by atoms with Crippen molar-refractivity contribution < 1.29 is 14.3 Å². The van der Waals surface area contributed by atoms with Crippen molar-refractivity contribution in [2.45, 2.75) is 51.7 Å². The van der Waals surface area contributed by atoms with Crippen LogP contribution in [0.3, 0.4) is 0 Å². The highest BCUT2D eigenvalue weighted by molar-refractivity contribution is 14.0. The van der Waals surface area contributed by atoms with Gasteiger partial charge in [-0.15, -0.1) is 24.0 Å². The molecule has 1 saturated heterocycles. The largest absolute Gasteiger partial charge is 0.376 e. The zero-order chi connectivity index (χ0) is 18.9. The second-order valence-corrected chi connectivity index (χ2v) is 7.47. The quantitative estimate of drug-likeness (QED) is 0.294. The first kappa shape index (κ1) is 24.9. The van der Waals surface area contributed by atoms with E-state index in [-0.39, 0.29) is 60.5 Å². The first-order valence-electron chi connectivity index (χ1n) is 8.82. The predicted molar refractivity (Wildman–Crippen MR) is 114 cm³/mol. The second kappa shape index (κ2) is 12.3. The molecule has 2 amide bonds. The SMILES string of the molecule is CN(C)C(=O)CNC(=NCC(=O)NC(C)(C)C)NCC1CCCCO1.I. The average molecular weight is 483 g/mol. The lowest BCUT2D eigenvalue weighted by Gasteiger charge is -2.24. The molecule has 1 rings (SSSR count). The highest BCUT2D eigenvalue weighted by Crippen LogP contribution is 2.11. The number of rotatable bonds is 6. The van der Waals surface area contributed by atoms with Gasteiger partial charge in [-0.25, -0.2) is 4.99 Å². The standard InChI is InChI=1S/C17H33N5O3.HI/c1-17(2,3)21-14(23)11-19-16(20-12-15(24)22(4)5)18-10-13-8-6-7-9-25-13;/h13H,6-12H2,1-5H3,(H,21,23)(H2,18,19,20);1H. The molecule has 1 heterocycles. The van der Waals surface area contributed by atoms with Crippen LogP contribution in [0.4, 0.5) is 0 Å². The number of nitrogens with one attached hydrogen (secondary N) is 3. The van der Waals surface area contributed by atoms with Crippen LogP contribution in [-0.2, 0) is 14.3 Å². The van der Waals surface area contributed by atoms with Crippen LogP contribution in [-0.4, -0.2) is 74.7 Å². The molecule has 0 radical (unpaired) electrons. The molecule has 0 aromatic heterocycles. The summed E-state index contributed by atoms with van der Waals surface area (Å²) in [5.41, 5.74) is -0.301. The minimum absolute atomic E-state index is 0. The van der Waals surface area contributed by atoms with Crippen molar-refractivity contribution in [2.75, 3.05) is 40.3 Å². The lowest BCUT2D eigenvalue weighted by atomic mass is 10.1. The number of carbonyl (C=O) groups is 2. The Morgan fingerprint density at radius 3 is 2.42 bits per heavy atom. The molecule has 1 unspecified atom stereocenters. The number of halogens is 1. The molecule has 8 nitrogen and oxygen atoms in total. The number of likely N-dealkylation sites (N-methyl/N-ethyl adjacent to an activating group) is 1. The molecular weight excluding hydrogens is 449 g/mol. The van der Waals surface area contributed by atoms with E-state index >= 15 is 0 Å². The van der Waals surface area contributed by atoms with Crippen LogP contribution in [0.15, 0.2) is 4.99 Å². The maximum Gasteiger partial charge on any atom is 0.242 e. The number of nitrogens with zero attached hydrogens (tertiary/aromatic N) is 2. The van der Waals surface area contributed by atoms with Crippen LogP contribution in [0, 0.1) is 0 Å². The Morgan fingerprint density at radius 1 is 1.19 bits per heavy atom. The number of carbonyl (C=O) groups excluding carboxylic acids is 2. The average Bonchev–Trinajstić information content (AvgIpc) is 2.53. The molecule has 0 spiro atoms. The van der Waals surface area contributed by atoms with Crippen molar-refractivity contribution >= 4 is 41.8 Å². The van der Waals surface area contributed by atoms with E-state index in [0.717, 1.165) is 25.9 Å². The molecule has 1 fully saturated rings. The summed E-state index contributed by atoms with van der Waals surface area (Å²) in [5.74, 6) is 0.206. The monoisotopic (exact) mass is 483 g/mol. The highest BCUT2D eigenvalue weighted by atomic mass is 127. The summed E-state index contributed by atoms with van der Waals surface area (Å²) in [7, 11) is 3.39. The predicted octanol–water partition coefficient (Wildman–Crippen LogP) is 0.712. The summed E-state index contributed by atoms with van der Waals surface area (Å²) >= 11 is 0. The van der Waals surface area contributed by atoms with Crippen molar-refractivity contribution in [3.8, 4) is 0 Å². The van der Waals surface area contributed by atoms with Crippen molar-refractivity contribution in [1.29, 1.82) is 0 Å². The van der Waals surface area contributed by atoms with Crippen molar-refractivity contribution in [3.63, 3.8) is 0 Å². The number of guanidine groups is 1. The zero-order valence-corrected chi connectivity index (χ0v) is 18.9. The Hall–Kier alpha value is -1.10. The van der Waals surface area contributed by atoms with E-state index in [1.807, 2.05) is 20.8 Å². The van der Waals surface area contributed by atoms with Gasteiger partial charge in [0.15, 0.2) is 5.96 Å². The van der Waals surface area contributed by atoms with E-state index in [1.54, 1.807) is 14.1 Å². The van der Waals surface area contributed by atoms with Gasteiger partial charge >= 0.3 is 0 Å². The van der Waals surface area contributed by atoms with Gasteiger partial charge in [0.1, 0.15) is 6.54 Å². The first-order chi connectivity index (χ1) is 11.7. The van der Waals surface area contributed by atoms with E-state index < -0.39 is 0 Å². The summed E-state index contributed by atoms with van der Waals surface area (Å²) in [4.78, 5) is 29.5. The molecular formula is C17H34IN5O3. The third-order valence-electron chi connectivity index (χ3n) is 3.57. The molecule has 3 N–H and O–H groups in total. The molecule has 1 atom stereocenters. The summed E-state index contributed by atoms with van der Waals surface area (Å²) in [6.07, 6.45) is 3.38. The molecule has 1 aliphatic rings. The van der Waals surface area contributed by atoms with Gasteiger partial charge in [0.25, 0.3) is 0 Å². The van der Waals surface area contributed by atoms with Crippen LogP contribution in [0.25, 0.3) is 0 Å². The van der Waals surface area contributed by atoms with Gasteiger partial charge in [-0.1, -0.05) is 0 Å². The van der Waals surface area contributed by atoms with E-state index in [0.29, 0.717) is 12.5 Å². The number of hydrogen-bond acceptors (Lipinski definition) is 4. The summed E-state index contributed by atoms with van der Waals surface area (Å²) in [5, 5.41) is 9.00. The van der Waals surface area contributed by atoms with Crippen LogP contribution in [0.1, 0.15) is 40.0 Å². The zero-order valence-electron chi connectivity index (χ0n) is 16.6. The van der Waals surface area contributed by atoms with Crippen LogP contribution >= 0.6 is 24.0 Å². The van der Waals surface area contributed by atoms with Gasteiger partial charge in [-0.2, -0.15) is 0 Å². The Bertz CT molecular complexity index is 472. The third-order valence-corrected chi connectivity index (χ3v) is 3.57. The maximum absolute atomic E-state index is 11.9.